The number of carbonyl (C=O) groups is 1. The highest BCUT2D eigenvalue weighted by Gasteiger charge is 2.33. The second kappa shape index (κ2) is 7.06. The Labute approximate surface area is 122 Å². The topological polar surface area (TPSA) is 35.5 Å². The summed E-state index contributed by atoms with van der Waals surface area (Å²) in [4.78, 5) is 11.0. The highest BCUT2D eigenvalue weighted by atomic mass is 16.5. The van der Waals surface area contributed by atoms with Crippen LogP contribution in [0.3, 0.4) is 0 Å². The summed E-state index contributed by atoms with van der Waals surface area (Å²) in [5, 5.41) is 0. The minimum Gasteiger partial charge on any atom is -0.379 e. The van der Waals surface area contributed by atoms with Crippen LogP contribution in [-0.4, -0.2) is 31.7 Å². The van der Waals surface area contributed by atoms with E-state index in [2.05, 4.69) is 32.6 Å². The molecule has 1 aliphatic carbocycles. The smallest absolute Gasteiger partial charge is 0.202 e. The number of hydrogen-bond donors (Lipinski definition) is 0. The Balaban J connectivity index is 2.81. The standard InChI is InChI=1S/C17H26O3/c1-12-9-15(20-11-14(3)19-6)10-17(4,5)16(12)8-7-13(2)18/h14-15H,9-11H2,1-6H3/t14?,15-/m0/s1. The molecule has 2 atom stereocenters. The van der Waals surface area contributed by atoms with Gasteiger partial charge in [-0.3, -0.25) is 4.79 Å². The van der Waals surface area contributed by atoms with Crippen LogP contribution < -0.4 is 0 Å². The maximum Gasteiger partial charge on any atom is 0.202 e. The molecular formula is C17H26O3. The molecule has 0 radical (unpaired) electrons. The van der Waals surface area contributed by atoms with E-state index in [-0.39, 0.29) is 23.4 Å². The van der Waals surface area contributed by atoms with Gasteiger partial charge in [0.25, 0.3) is 0 Å². The Hall–Kier alpha value is -1.11. The van der Waals surface area contributed by atoms with Crippen LogP contribution in [0.4, 0.5) is 0 Å². The lowest BCUT2D eigenvalue weighted by atomic mass is 9.72. The van der Waals surface area contributed by atoms with Crippen molar-refractivity contribution < 1.29 is 14.3 Å². The van der Waals surface area contributed by atoms with E-state index in [4.69, 9.17) is 9.47 Å². The van der Waals surface area contributed by atoms with Crippen molar-refractivity contribution in [3.8, 4) is 11.8 Å². The zero-order valence-electron chi connectivity index (χ0n) is 13.5. The van der Waals surface area contributed by atoms with Crippen LogP contribution in [0.15, 0.2) is 11.1 Å². The van der Waals surface area contributed by atoms with E-state index in [0.29, 0.717) is 6.61 Å². The van der Waals surface area contributed by atoms with Crippen LogP contribution in [0.25, 0.3) is 0 Å². The molecule has 0 aromatic carbocycles. The minimum absolute atomic E-state index is 0.0498. The molecule has 3 heteroatoms. The Morgan fingerprint density at radius 2 is 2.15 bits per heavy atom. The number of hydrogen-bond acceptors (Lipinski definition) is 3. The largest absolute Gasteiger partial charge is 0.379 e. The molecule has 0 amide bonds. The van der Waals surface area contributed by atoms with Gasteiger partial charge in [-0.25, -0.2) is 0 Å². The van der Waals surface area contributed by atoms with Crippen LogP contribution in [0, 0.1) is 17.3 Å². The van der Waals surface area contributed by atoms with Gasteiger partial charge in [-0.05, 0) is 32.6 Å². The maximum absolute atomic E-state index is 11.0. The first-order chi connectivity index (χ1) is 9.26. The molecule has 3 nitrogen and oxygen atoms in total. The average Bonchev–Trinajstić information content (AvgIpc) is 2.33. The highest BCUT2D eigenvalue weighted by Crippen LogP contribution is 2.40. The predicted octanol–water partition coefficient (Wildman–Crippen LogP) is 3.14. The summed E-state index contributed by atoms with van der Waals surface area (Å²) in [7, 11) is 1.69. The summed E-state index contributed by atoms with van der Waals surface area (Å²) < 4.78 is 11.2. The first-order valence-electron chi connectivity index (χ1n) is 7.13. The second-order valence-electron chi connectivity index (χ2n) is 6.26. The molecule has 1 unspecified atom stereocenters. The van der Waals surface area contributed by atoms with Gasteiger partial charge in [0.15, 0.2) is 0 Å². The van der Waals surface area contributed by atoms with Crippen molar-refractivity contribution in [2.75, 3.05) is 13.7 Å². The molecule has 0 heterocycles. The van der Waals surface area contributed by atoms with Crippen molar-refractivity contribution >= 4 is 5.78 Å². The van der Waals surface area contributed by atoms with E-state index in [1.54, 1.807) is 7.11 Å². The molecule has 1 aliphatic rings. The van der Waals surface area contributed by atoms with Crippen molar-refractivity contribution in [3.05, 3.63) is 11.1 Å². The summed E-state index contributed by atoms with van der Waals surface area (Å²) >= 11 is 0. The zero-order chi connectivity index (χ0) is 15.3. The number of ketones is 1. The summed E-state index contributed by atoms with van der Waals surface area (Å²) in [5.41, 5.74) is 2.27. The van der Waals surface area contributed by atoms with Gasteiger partial charge in [-0.2, -0.15) is 0 Å². The molecule has 0 saturated carbocycles. The monoisotopic (exact) mass is 278 g/mol. The first-order valence-corrected chi connectivity index (χ1v) is 7.13. The molecule has 0 saturated heterocycles. The lowest BCUT2D eigenvalue weighted by Crippen LogP contribution is -2.32. The molecular weight excluding hydrogens is 252 g/mol. The fraction of sp³-hybridized carbons (Fsp3) is 0.706. The summed E-state index contributed by atoms with van der Waals surface area (Å²) in [6.45, 7) is 10.5. The van der Waals surface area contributed by atoms with Crippen LogP contribution in [-0.2, 0) is 14.3 Å². The van der Waals surface area contributed by atoms with Crippen LogP contribution in [0.5, 0.6) is 0 Å². The highest BCUT2D eigenvalue weighted by molar-refractivity contribution is 5.93. The van der Waals surface area contributed by atoms with Crippen molar-refractivity contribution in [3.63, 3.8) is 0 Å². The van der Waals surface area contributed by atoms with Gasteiger partial charge in [0.2, 0.25) is 5.78 Å². The molecule has 0 spiro atoms. The molecule has 0 aliphatic heterocycles. The normalized spacial score (nSPS) is 23.0. The molecule has 0 aromatic heterocycles. The SMILES string of the molecule is COC(C)CO[C@H]1CC(C)=C(C#CC(C)=O)C(C)(C)C1. The summed E-state index contributed by atoms with van der Waals surface area (Å²) in [6.07, 6.45) is 2.11. The van der Waals surface area contributed by atoms with E-state index >= 15 is 0 Å². The Kier molecular flexibility index (Phi) is 5.98. The fourth-order valence-electron chi connectivity index (χ4n) is 2.65. The van der Waals surface area contributed by atoms with Crippen molar-refractivity contribution in [1.29, 1.82) is 0 Å². The maximum atomic E-state index is 11.0. The van der Waals surface area contributed by atoms with Crippen LogP contribution in [0.1, 0.15) is 47.5 Å². The average molecular weight is 278 g/mol. The molecule has 0 aromatic rings. The minimum atomic E-state index is -0.0895. The molecule has 1 rings (SSSR count). The van der Waals surface area contributed by atoms with Gasteiger partial charge in [0.05, 0.1) is 18.8 Å². The molecule has 0 fully saturated rings. The van der Waals surface area contributed by atoms with Crippen LogP contribution in [0.2, 0.25) is 0 Å². The van der Waals surface area contributed by atoms with Gasteiger partial charge in [-0.15, -0.1) is 0 Å². The Bertz CT molecular complexity index is 449. The van der Waals surface area contributed by atoms with Gasteiger partial charge in [0, 0.05) is 25.0 Å². The Morgan fingerprint density at radius 1 is 1.50 bits per heavy atom. The van der Waals surface area contributed by atoms with Gasteiger partial charge in [-0.1, -0.05) is 25.3 Å². The molecule has 112 valence electrons. The second-order valence-corrected chi connectivity index (χ2v) is 6.26. The van der Waals surface area contributed by atoms with E-state index < -0.39 is 0 Å². The third kappa shape index (κ3) is 4.77. The van der Waals surface area contributed by atoms with E-state index in [1.165, 1.54) is 12.5 Å². The zero-order valence-corrected chi connectivity index (χ0v) is 13.5. The lowest BCUT2D eigenvalue weighted by molar-refractivity contribution is -0.111. The molecule has 0 N–H and O–H groups in total. The van der Waals surface area contributed by atoms with Crippen molar-refractivity contribution in [2.24, 2.45) is 5.41 Å². The molecule has 20 heavy (non-hydrogen) atoms. The number of methoxy groups -OCH3 is 1. The lowest BCUT2D eigenvalue weighted by Gasteiger charge is -2.36. The van der Waals surface area contributed by atoms with E-state index in [1.807, 2.05) is 6.92 Å². The van der Waals surface area contributed by atoms with E-state index in [9.17, 15) is 4.79 Å². The van der Waals surface area contributed by atoms with Crippen LogP contribution >= 0.6 is 0 Å². The Morgan fingerprint density at radius 3 is 2.65 bits per heavy atom. The van der Waals surface area contributed by atoms with Gasteiger partial charge < -0.3 is 9.47 Å². The van der Waals surface area contributed by atoms with Crippen molar-refractivity contribution in [1.82, 2.24) is 0 Å². The van der Waals surface area contributed by atoms with Gasteiger partial charge >= 0.3 is 0 Å². The third-order valence-corrected chi connectivity index (χ3v) is 3.71. The number of carbonyl (C=O) groups excluding carboxylic acids is 1. The van der Waals surface area contributed by atoms with Gasteiger partial charge in [0.1, 0.15) is 0 Å². The number of allylic oxidation sites excluding steroid dienone is 1. The molecule has 0 bridgehead atoms. The van der Waals surface area contributed by atoms with E-state index in [0.717, 1.165) is 18.4 Å². The number of ether oxygens (including phenoxy) is 2. The van der Waals surface area contributed by atoms with Crippen molar-refractivity contribution in [2.45, 2.75) is 59.7 Å². The number of Topliss-reactive ketones (excluding diaryl/α,β-unsaturated/α-hetero) is 1. The quantitative estimate of drug-likeness (QED) is 0.585. The fourth-order valence-corrected chi connectivity index (χ4v) is 2.65. The summed E-state index contributed by atoms with van der Waals surface area (Å²) in [5.74, 6) is 5.64. The number of rotatable bonds is 4. The first kappa shape index (κ1) is 16.9. The predicted molar refractivity (Wildman–Crippen MR) is 80.4 cm³/mol. The third-order valence-electron chi connectivity index (χ3n) is 3.71. The summed E-state index contributed by atoms with van der Waals surface area (Å²) in [6, 6.07) is 0.